The number of nitrogens with zero attached hydrogens (tertiary/aromatic N) is 2. The zero-order chi connectivity index (χ0) is 19.0. The fourth-order valence-corrected chi connectivity index (χ4v) is 5.50. The van der Waals surface area contributed by atoms with Gasteiger partial charge in [0.05, 0.1) is 5.39 Å². The van der Waals surface area contributed by atoms with Gasteiger partial charge in [0, 0.05) is 30.8 Å². The van der Waals surface area contributed by atoms with E-state index in [1.54, 1.807) is 11.3 Å². The first kappa shape index (κ1) is 18.7. The fraction of sp³-hybridized carbons (Fsp3) is 0.667. The van der Waals surface area contributed by atoms with Crippen molar-refractivity contribution in [3.05, 3.63) is 26.6 Å². The minimum atomic E-state index is -0.0297. The summed E-state index contributed by atoms with van der Waals surface area (Å²) in [5, 5.41) is 0.790. The van der Waals surface area contributed by atoms with E-state index in [2.05, 4.69) is 18.8 Å². The van der Waals surface area contributed by atoms with E-state index in [1.807, 2.05) is 4.90 Å². The van der Waals surface area contributed by atoms with Crippen molar-refractivity contribution in [2.24, 2.45) is 11.8 Å². The summed E-state index contributed by atoms with van der Waals surface area (Å²) in [5.41, 5.74) is 1.18. The van der Waals surface area contributed by atoms with Gasteiger partial charge in [-0.2, -0.15) is 0 Å². The molecule has 146 valence electrons. The van der Waals surface area contributed by atoms with Crippen LogP contribution in [0.3, 0.4) is 0 Å². The lowest BCUT2D eigenvalue weighted by Gasteiger charge is -2.22. The second-order valence-corrected chi connectivity index (χ2v) is 9.41. The van der Waals surface area contributed by atoms with Crippen LogP contribution in [0.5, 0.6) is 0 Å². The molecule has 2 aromatic rings. The van der Waals surface area contributed by atoms with Crippen molar-refractivity contribution in [1.29, 1.82) is 0 Å². The zero-order valence-corrected chi connectivity index (χ0v) is 17.2. The first-order valence-electron chi connectivity index (χ1n) is 10.4. The monoisotopic (exact) mass is 387 g/mol. The Morgan fingerprint density at radius 1 is 1.33 bits per heavy atom. The smallest absolute Gasteiger partial charge is 0.259 e. The summed E-state index contributed by atoms with van der Waals surface area (Å²) >= 11 is 1.67. The SMILES string of the molecule is CCCN(CC1CC1)C(=O)CCc1nc2sc3c(c2c(=O)[nH]1)CCC(C)C3. The van der Waals surface area contributed by atoms with Gasteiger partial charge >= 0.3 is 0 Å². The van der Waals surface area contributed by atoms with Crippen LogP contribution in [0, 0.1) is 11.8 Å². The minimum Gasteiger partial charge on any atom is -0.342 e. The highest BCUT2D eigenvalue weighted by Crippen LogP contribution is 2.35. The topological polar surface area (TPSA) is 66.1 Å². The van der Waals surface area contributed by atoms with Gasteiger partial charge in [-0.15, -0.1) is 11.3 Å². The lowest BCUT2D eigenvalue weighted by molar-refractivity contribution is -0.131. The zero-order valence-electron chi connectivity index (χ0n) is 16.3. The second kappa shape index (κ2) is 7.74. The van der Waals surface area contributed by atoms with Gasteiger partial charge in [0.15, 0.2) is 0 Å². The number of fused-ring (bicyclic) bond motifs is 3. The highest BCUT2D eigenvalue weighted by Gasteiger charge is 2.26. The fourth-order valence-electron chi connectivity index (χ4n) is 4.10. The third-order valence-corrected chi connectivity index (χ3v) is 6.96. The molecule has 1 atom stereocenters. The van der Waals surface area contributed by atoms with Crippen molar-refractivity contribution in [3.63, 3.8) is 0 Å². The molecule has 0 radical (unpaired) electrons. The number of hydrogen-bond donors (Lipinski definition) is 1. The molecule has 2 aromatic heterocycles. The Hall–Kier alpha value is -1.69. The summed E-state index contributed by atoms with van der Waals surface area (Å²) in [6.45, 7) is 6.10. The number of H-pyrrole nitrogens is 1. The highest BCUT2D eigenvalue weighted by atomic mass is 32.1. The highest BCUT2D eigenvalue weighted by molar-refractivity contribution is 7.18. The lowest BCUT2D eigenvalue weighted by Crippen LogP contribution is -2.34. The van der Waals surface area contributed by atoms with Gasteiger partial charge in [0.25, 0.3) is 5.56 Å². The van der Waals surface area contributed by atoms with Crippen LogP contribution in [0.4, 0.5) is 0 Å². The first-order valence-corrected chi connectivity index (χ1v) is 11.2. The lowest BCUT2D eigenvalue weighted by atomic mass is 9.89. The van der Waals surface area contributed by atoms with Crippen molar-refractivity contribution in [2.45, 2.75) is 65.2 Å². The van der Waals surface area contributed by atoms with E-state index in [4.69, 9.17) is 4.98 Å². The minimum absolute atomic E-state index is 0.0297. The molecule has 27 heavy (non-hydrogen) atoms. The molecule has 0 spiro atoms. The molecule has 1 saturated carbocycles. The molecule has 0 aromatic carbocycles. The molecule has 1 N–H and O–H groups in total. The number of carbonyl (C=O) groups is 1. The number of rotatable bonds is 7. The average molecular weight is 388 g/mol. The predicted molar refractivity (Wildman–Crippen MR) is 109 cm³/mol. The molecule has 2 aliphatic rings. The summed E-state index contributed by atoms with van der Waals surface area (Å²) < 4.78 is 0. The number of hydrogen-bond acceptors (Lipinski definition) is 4. The summed E-state index contributed by atoms with van der Waals surface area (Å²) in [6.07, 6.45) is 7.59. The Bertz CT molecular complexity index is 897. The number of aromatic nitrogens is 2. The van der Waals surface area contributed by atoms with Crippen LogP contribution in [0.15, 0.2) is 4.79 Å². The molecule has 4 rings (SSSR count). The van der Waals surface area contributed by atoms with Gasteiger partial charge in [0.1, 0.15) is 10.7 Å². The third-order valence-electron chi connectivity index (χ3n) is 5.81. The van der Waals surface area contributed by atoms with E-state index in [0.717, 1.165) is 49.0 Å². The van der Waals surface area contributed by atoms with Crippen LogP contribution in [-0.4, -0.2) is 33.9 Å². The second-order valence-electron chi connectivity index (χ2n) is 8.33. The standard InChI is InChI=1S/C21H29N3O2S/c1-3-10-24(12-14-5-6-14)18(25)9-8-17-22-20(26)19-15-7-4-13(2)11-16(15)27-21(19)23-17/h13-14H,3-12H2,1-2H3,(H,22,23,26). The maximum atomic E-state index is 12.7. The van der Waals surface area contributed by atoms with Crippen molar-refractivity contribution >= 4 is 27.5 Å². The van der Waals surface area contributed by atoms with E-state index in [1.165, 1.54) is 23.3 Å². The van der Waals surface area contributed by atoms with Crippen molar-refractivity contribution in [2.75, 3.05) is 13.1 Å². The number of thiophene rings is 1. The summed E-state index contributed by atoms with van der Waals surface area (Å²) in [6, 6.07) is 0. The molecule has 6 heteroatoms. The van der Waals surface area contributed by atoms with Crippen LogP contribution in [0.25, 0.3) is 10.2 Å². The molecule has 0 aliphatic heterocycles. The average Bonchev–Trinajstić information content (AvgIpc) is 3.37. The third kappa shape index (κ3) is 4.10. The number of carbonyl (C=O) groups excluding carboxylic acids is 1. The quantitative estimate of drug-likeness (QED) is 0.788. The van der Waals surface area contributed by atoms with Crippen LogP contribution in [0.1, 0.15) is 62.2 Å². The molecule has 2 heterocycles. The maximum Gasteiger partial charge on any atom is 0.259 e. The van der Waals surface area contributed by atoms with Crippen LogP contribution in [-0.2, 0) is 24.1 Å². The van der Waals surface area contributed by atoms with Gasteiger partial charge in [-0.25, -0.2) is 4.98 Å². The van der Waals surface area contributed by atoms with Crippen molar-refractivity contribution < 1.29 is 4.79 Å². The largest absolute Gasteiger partial charge is 0.342 e. The van der Waals surface area contributed by atoms with E-state index < -0.39 is 0 Å². The predicted octanol–water partition coefficient (Wildman–Crippen LogP) is 3.69. The van der Waals surface area contributed by atoms with Crippen LogP contribution in [0.2, 0.25) is 0 Å². The Morgan fingerprint density at radius 2 is 2.15 bits per heavy atom. The van der Waals surface area contributed by atoms with Crippen LogP contribution < -0.4 is 5.56 Å². The Labute approximate surface area is 164 Å². The number of amides is 1. The molecule has 1 amide bonds. The molecular weight excluding hydrogens is 358 g/mol. The number of nitrogens with one attached hydrogen (secondary N) is 1. The molecule has 0 bridgehead atoms. The normalized spacial score (nSPS) is 19.3. The number of aryl methyl sites for hydroxylation is 2. The van der Waals surface area contributed by atoms with E-state index >= 15 is 0 Å². The molecule has 2 aliphatic carbocycles. The first-order chi connectivity index (χ1) is 13.0. The molecule has 0 saturated heterocycles. The van der Waals surface area contributed by atoms with Crippen LogP contribution >= 0.6 is 11.3 Å². The van der Waals surface area contributed by atoms with Gasteiger partial charge in [-0.3, -0.25) is 9.59 Å². The maximum absolute atomic E-state index is 12.7. The van der Waals surface area contributed by atoms with E-state index in [-0.39, 0.29) is 11.5 Å². The van der Waals surface area contributed by atoms with Crippen molar-refractivity contribution in [1.82, 2.24) is 14.9 Å². The van der Waals surface area contributed by atoms with Gasteiger partial charge in [-0.1, -0.05) is 13.8 Å². The Balaban J connectivity index is 1.49. The van der Waals surface area contributed by atoms with E-state index in [0.29, 0.717) is 30.5 Å². The Morgan fingerprint density at radius 3 is 2.89 bits per heavy atom. The summed E-state index contributed by atoms with van der Waals surface area (Å²) in [7, 11) is 0. The molecule has 1 unspecified atom stereocenters. The summed E-state index contributed by atoms with van der Waals surface area (Å²) in [5.74, 6) is 2.22. The molecular formula is C21H29N3O2S. The molecule has 5 nitrogen and oxygen atoms in total. The van der Waals surface area contributed by atoms with Gasteiger partial charge in [-0.05, 0) is 55.9 Å². The van der Waals surface area contributed by atoms with E-state index in [9.17, 15) is 9.59 Å². The van der Waals surface area contributed by atoms with Gasteiger partial charge in [0.2, 0.25) is 5.91 Å². The summed E-state index contributed by atoms with van der Waals surface area (Å²) in [4.78, 5) is 37.1. The van der Waals surface area contributed by atoms with Crippen molar-refractivity contribution in [3.8, 4) is 0 Å². The molecule has 1 fully saturated rings. The van der Waals surface area contributed by atoms with Gasteiger partial charge < -0.3 is 9.88 Å². The Kier molecular flexibility index (Phi) is 5.35. The number of aromatic amines is 1.